The molecule has 1 saturated heterocycles. The Hall–Kier alpha value is -1.99. The molecule has 2 heterocycles. The molecular weight excluding hydrogens is 324 g/mol. The van der Waals surface area contributed by atoms with Gasteiger partial charge in [0, 0.05) is 32.7 Å². The van der Waals surface area contributed by atoms with E-state index in [0.717, 1.165) is 0 Å². The van der Waals surface area contributed by atoms with E-state index in [-0.39, 0.29) is 6.09 Å². The summed E-state index contributed by atoms with van der Waals surface area (Å²) in [5, 5.41) is 10.7. The third-order valence-electron chi connectivity index (χ3n) is 4.74. The van der Waals surface area contributed by atoms with Crippen LogP contribution in [0.25, 0.3) is 0 Å². The van der Waals surface area contributed by atoms with Crippen LogP contribution in [0.3, 0.4) is 0 Å². The molecule has 0 radical (unpaired) electrons. The second-order valence-corrected chi connectivity index (χ2v) is 6.65. The van der Waals surface area contributed by atoms with Crippen LogP contribution in [0.15, 0.2) is 24.3 Å². The largest absolute Gasteiger partial charge is 0.485 e. The minimum absolute atomic E-state index is 0.268. The van der Waals surface area contributed by atoms with Crippen molar-refractivity contribution in [2.24, 2.45) is 0 Å². The molecule has 25 heavy (non-hydrogen) atoms. The second kappa shape index (κ2) is 7.49. The van der Waals surface area contributed by atoms with Crippen molar-refractivity contribution in [3.05, 3.63) is 24.3 Å². The van der Waals surface area contributed by atoms with E-state index in [0.29, 0.717) is 57.4 Å². The van der Waals surface area contributed by atoms with Crippen molar-refractivity contribution in [3.8, 4) is 11.5 Å². The number of ether oxygens (including phenoxy) is 3. The molecule has 0 bridgehead atoms. The summed E-state index contributed by atoms with van der Waals surface area (Å²) in [6, 6.07) is 7.48. The smallest absolute Gasteiger partial charge is 0.409 e. The van der Waals surface area contributed by atoms with Crippen molar-refractivity contribution < 1.29 is 24.1 Å². The lowest BCUT2D eigenvalue weighted by Gasteiger charge is -2.41. The third-order valence-corrected chi connectivity index (χ3v) is 4.74. The summed E-state index contributed by atoms with van der Waals surface area (Å²) in [5.41, 5.74) is -0.799. The van der Waals surface area contributed by atoms with Crippen LogP contribution in [0.4, 0.5) is 4.79 Å². The Kier molecular flexibility index (Phi) is 5.34. The Balaban J connectivity index is 1.53. The molecule has 138 valence electrons. The number of amides is 1. The molecule has 2 atom stereocenters. The van der Waals surface area contributed by atoms with Gasteiger partial charge >= 0.3 is 6.09 Å². The second-order valence-electron chi connectivity index (χ2n) is 6.65. The van der Waals surface area contributed by atoms with Gasteiger partial charge in [0.05, 0.1) is 6.61 Å². The maximum absolute atomic E-state index is 11.7. The van der Waals surface area contributed by atoms with Gasteiger partial charge in [-0.3, -0.25) is 4.90 Å². The molecule has 1 amide bonds. The first-order valence-electron chi connectivity index (χ1n) is 8.75. The number of carbonyl (C=O) groups is 1. The molecule has 0 saturated carbocycles. The molecule has 1 N–H and O–H groups in total. The maximum atomic E-state index is 11.7. The molecule has 2 aliphatic heterocycles. The van der Waals surface area contributed by atoms with Crippen LogP contribution in [-0.4, -0.2) is 78.6 Å². The Bertz CT molecular complexity index is 603. The minimum Gasteiger partial charge on any atom is -0.485 e. The standard InChI is InChI=1S/C18H26N2O5/c1-3-23-17(22)20-10-8-19(9-11-20)12-16(21)18(2)13-24-14-6-4-5-7-15(14)25-18/h4-7,16,21H,3,8-13H2,1-2H3. The van der Waals surface area contributed by atoms with Crippen molar-refractivity contribution in [1.82, 2.24) is 9.80 Å². The zero-order valence-corrected chi connectivity index (χ0v) is 14.8. The first kappa shape index (κ1) is 17.8. The molecule has 1 aromatic carbocycles. The fraction of sp³-hybridized carbons (Fsp3) is 0.611. The number of rotatable bonds is 4. The molecule has 1 fully saturated rings. The van der Waals surface area contributed by atoms with Crippen LogP contribution >= 0.6 is 0 Å². The predicted octanol–water partition coefficient (Wildman–Crippen LogP) is 1.35. The van der Waals surface area contributed by atoms with Gasteiger partial charge in [-0.25, -0.2) is 4.79 Å². The van der Waals surface area contributed by atoms with Gasteiger partial charge in [0.15, 0.2) is 17.1 Å². The van der Waals surface area contributed by atoms with Gasteiger partial charge in [-0.15, -0.1) is 0 Å². The number of nitrogens with zero attached hydrogens (tertiary/aromatic N) is 2. The number of hydrogen-bond acceptors (Lipinski definition) is 6. The Morgan fingerprint density at radius 1 is 1.28 bits per heavy atom. The number of β-amino-alcohol motifs (C(OH)–C–C–N with tert-alkyl or cyclic N) is 1. The number of aliphatic hydroxyl groups excluding tert-OH is 1. The Labute approximate surface area is 148 Å². The minimum atomic E-state index is -0.799. The lowest BCUT2D eigenvalue weighted by atomic mass is 9.97. The average Bonchev–Trinajstić information content (AvgIpc) is 2.62. The van der Waals surface area contributed by atoms with E-state index in [2.05, 4.69) is 4.90 Å². The fourth-order valence-electron chi connectivity index (χ4n) is 3.09. The van der Waals surface area contributed by atoms with Crippen molar-refractivity contribution in [1.29, 1.82) is 0 Å². The van der Waals surface area contributed by atoms with Crippen molar-refractivity contribution in [2.75, 3.05) is 45.9 Å². The summed E-state index contributed by atoms with van der Waals surface area (Å²) in [4.78, 5) is 15.6. The number of aliphatic hydroxyl groups is 1. The topological polar surface area (TPSA) is 71.5 Å². The van der Waals surface area contributed by atoms with Crippen LogP contribution < -0.4 is 9.47 Å². The lowest BCUT2D eigenvalue weighted by Crippen LogP contribution is -2.58. The molecule has 3 rings (SSSR count). The van der Waals surface area contributed by atoms with Crippen molar-refractivity contribution in [2.45, 2.75) is 25.6 Å². The first-order chi connectivity index (χ1) is 12.0. The molecule has 1 aromatic rings. The van der Waals surface area contributed by atoms with E-state index in [9.17, 15) is 9.90 Å². The summed E-state index contributed by atoms with van der Waals surface area (Å²) in [6.07, 6.45) is -0.967. The predicted molar refractivity (Wildman–Crippen MR) is 92.0 cm³/mol. The molecule has 2 aliphatic rings. The van der Waals surface area contributed by atoms with Crippen LogP contribution in [0.5, 0.6) is 11.5 Å². The monoisotopic (exact) mass is 350 g/mol. The molecule has 0 spiro atoms. The van der Waals surface area contributed by atoms with Crippen LogP contribution in [0, 0.1) is 0 Å². The number of hydrogen-bond donors (Lipinski definition) is 1. The molecule has 2 unspecified atom stereocenters. The van der Waals surface area contributed by atoms with Gasteiger partial charge in [0.2, 0.25) is 0 Å². The van der Waals surface area contributed by atoms with Crippen LogP contribution in [0.2, 0.25) is 0 Å². The van der Waals surface area contributed by atoms with Gasteiger partial charge in [0.25, 0.3) is 0 Å². The van der Waals surface area contributed by atoms with E-state index >= 15 is 0 Å². The summed E-state index contributed by atoms with van der Waals surface area (Å²) >= 11 is 0. The lowest BCUT2D eigenvalue weighted by molar-refractivity contribution is -0.0957. The molecule has 0 aliphatic carbocycles. The van der Waals surface area contributed by atoms with E-state index in [4.69, 9.17) is 14.2 Å². The molecule has 7 nitrogen and oxygen atoms in total. The zero-order chi connectivity index (χ0) is 17.9. The first-order valence-corrected chi connectivity index (χ1v) is 8.75. The van der Waals surface area contributed by atoms with E-state index in [1.165, 1.54) is 0 Å². The highest BCUT2D eigenvalue weighted by molar-refractivity contribution is 5.67. The summed E-state index contributed by atoms with van der Waals surface area (Å²) < 4.78 is 16.8. The number of fused-ring (bicyclic) bond motifs is 1. The van der Waals surface area contributed by atoms with E-state index < -0.39 is 11.7 Å². The molecular formula is C18H26N2O5. The summed E-state index contributed by atoms with van der Waals surface area (Å²) in [7, 11) is 0. The van der Waals surface area contributed by atoms with Gasteiger partial charge in [-0.2, -0.15) is 0 Å². The number of para-hydroxylation sites is 2. The van der Waals surface area contributed by atoms with Crippen LogP contribution in [-0.2, 0) is 4.74 Å². The number of piperazine rings is 1. The Morgan fingerprint density at radius 2 is 1.96 bits per heavy atom. The van der Waals surface area contributed by atoms with Gasteiger partial charge in [-0.05, 0) is 26.0 Å². The molecule has 0 aromatic heterocycles. The summed E-state index contributed by atoms with van der Waals surface area (Å²) in [5.74, 6) is 1.36. The van der Waals surface area contributed by atoms with E-state index in [1.54, 1.807) is 11.8 Å². The SMILES string of the molecule is CCOC(=O)N1CCN(CC(O)C2(C)COc3ccccc3O2)CC1. The van der Waals surface area contributed by atoms with Crippen LogP contribution in [0.1, 0.15) is 13.8 Å². The summed E-state index contributed by atoms with van der Waals surface area (Å²) in [6.45, 7) is 7.41. The highest BCUT2D eigenvalue weighted by Gasteiger charge is 2.41. The Morgan fingerprint density at radius 3 is 2.64 bits per heavy atom. The highest BCUT2D eigenvalue weighted by Crippen LogP contribution is 2.36. The number of benzene rings is 1. The van der Waals surface area contributed by atoms with Gasteiger partial charge in [-0.1, -0.05) is 12.1 Å². The average molecular weight is 350 g/mol. The zero-order valence-electron chi connectivity index (χ0n) is 14.8. The van der Waals surface area contributed by atoms with E-state index in [1.807, 2.05) is 31.2 Å². The molecule has 7 heteroatoms. The fourth-order valence-corrected chi connectivity index (χ4v) is 3.09. The van der Waals surface area contributed by atoms with Gasteiger partial charge < -0.3 is 24.2 Å². The number of carbonyl (C=O) groups excluding carboxylic acids is 1. The third kappa shape index (κ3) is 3.99. The van der Waals surface area contributed by atoms with Crippen molar-refractivity contribution >= 4 is 6.09 Å². The quantitative estimate of drug-likeness (QED) is 0.884. The maximum Gasteiger partial charge on any atom is 0.409 e. The normalized spacial score (nSPS) is 24.7. The van der Waals surface area contributed by atoms with Crippen molar-refractivity contribution in [3.63, 3.8) is 0 Å². The highest BCUT2D eigenvalue weighted by atomic mass is 16.6. The van der Waals surface area contributed by atoms with Gasteiger partial charge in [0.1, 0.15) is 12.7 Å².